The van der Waals surface area contributed by atoms with E-state index in [-0.39, 0.29) is 6.04 Å². The molecule has 0 unspecified atom stereocenters. The van der Waals surface area contributed by atoms with E-state index in [1.54, 1.807) is 6.07 Å². The van der Waals surface area contributed by atoms with Gasteiger partial charge in [-0.15, -0.1) is 0 Å². The highest BCUT2D eigenvalue weighted by molar-refractivity contribution is 9.10. The van der Waals surface area contributed by atoms with Gasteiger partial charge in [0.2, 0.25) is 0 Å². The molecule has 0 spiro atoms. The molecule has 39 heavy (non-hydrogen) atoms. The molecule has 0 aromatic heterocycles. The average Bonchev–Trinajstić information content (AvgIpc) is 3.43. The molecule has 0 saturated carbocycles. The maximum absolute atomic E-state index is 6.33. The monoisotopic (exact) mass is 616 g/mol. The van der Waals surface area contributed by atoms with Crippen LogP contribution in [0.2, 0.25) is 10.0 Å². The highest BCUT2D eigenvalue weighted by Gasteiger charge is 2.37. The van der Waals surface area contributed by atoms with Gasteiger partial charge in [0, 0.05) is 43.5 Å². The number of aryl methyl sites for hydroxylation is 1. The molecule has 4 aromatic rings. The zero-order valence-corrected chi connectivity index (χ0v) is 24.5. The number of nitrogens with zero attached hydrogens (tertiary/aromatic N) is 1. The zero-order valence-electron chi connectivity index (χ0n) is 21.4. The van der Waals surface area contributed by atoms with Gasteiger partial charge in [0.15, 0.2) is 0 Å². The fourth-order valence-corrected chi connectivity index (χ4v) is 6.34. The van der Waals surface area contributed by atoms with Crippen molar-refractivity contribution in [3.8, 4) is 5.75 Å². The summed E-state index contributed by atoms with van der Waals surface area (Å²) in [6.07, 6.45) is 7.64. The first-order valence-corrected chi connectivity index (χ1v) is 14.5. The molecule has 6 heteroatoms. The minimum absolute atomic E-state index is 0.267. The Bertz CT molecular complexity index is 1580. The number of benzene rings is 4. The van der Waals surface area contributed by atoms with E-state index < -0.39 is 0 Å². The van der Waals surface area contributed by atoms with Gasteiger partial charge in [0.05, 0.1) is 11.7 Å². The summed E-state index contributed by atoms with van der Waals surface area (Å²) < 4.78 is 7.06. The van der Waals surface area contributed by atoms with E-state index in [0.717, 1.165) is 33.5 Å². The van der Waals surface area contributed by atoms with Crippen LogP contribution in [-0.4, -0.2) is 6.21 Å². The minimum Gasteiger partial charge on any atom is -0.488 e. The standard InChI is InChI=1S/C33H27BrCl2N2O/c1-20-5-13-31-29(15-20)27-3-2-4-28(27)33(38-31)21-7-11-26(12-8-21)37-18-23-16-24(34)9-14-32(23)39-19-22-6-10-25(35)17-30(22)36/h2-3,5-18,27-28,33,38H,4,19H2,1H3/t27-,28-,33+/m1/s1. The third-order valence-electron chi connectivity index (χ3n) is 7.49. The second-order valence-electron chi connectivity index (χ2n) is 10.1. The predicted octanol–water partition coefficient (Wildman–Crippen LogP) is 10.2. The fraction of sp³-hybridized carbons (Fsp3) is 0.182. The molecule has 0 amide bonds. The van der Waals surface area contributed by atoms with Gasteiger partial charge in [-0.2, -0.15) is 0 Å². The number of hydrogen-bond donors (Lipinski definition) is 1. The Hall–Kier alpha value is -3.05. The highest BCUT2D eigenvalue weighted by atomic mass is 79.9. The van der Waals surface area contributed by atoms with Crippen LogP contribution in [0.4, 0.5) is 11.4 Å². The Balaban J connectivity index is 1.19. The maximum atomic E-state index is 6.33. The van der Waals surface area contributed by atoms with Crippen LogP contribution in [0, 0.1) is 12.8 Å². The normalized spacial score (nSPS) is 19.5. The topological polar surface area (TPSA) is 33.6 Å². The van der Waals surface area contributed by atoms with Crippen molar-refractivity contribution in [2.75, 3.05) is 5.32 Å². The van der Waals surface area contributed by atoms with Crippen molar-refractivity contribution >= 4 is 56.7 Å². The number of anilines is 1. The second kappa shape index (κ2) is 11.2. The van der Waals surface area contributed by atoms with Gasteiger partial charge in [0.1, 0.15) is 12.4 Å². The molecule has 3 atom stereocenters. The molecule has 0 fully saturated rings. The first-order chi connectivity index (χ1) is 18.9. The van der Waals surface area contributed by atoms with E-state index in [4.69, 9.17) is 32.9 Å². The summed E-state index contributed by atoms with van der Waals surface area (Å²) in [4.78, 5) is 4.76. The third-order valence-corrected chi connectivity index (χ3v) is 8.57. The van der Waals surface area contributed by atoms with E-state index in [2.05, 4.69) is 82.8 Å². The molecule has 1 aliphatic heterocycles. The number of hydrogen-bond acceptors (Lipinski definition) is 3. The quantitative estimate of drug-likeness (QED) is 0.172. The number of halogens is 3. The fourth-order valence-electron chi connectivity index (χ4n) is 5.50. The van der Waals surface area contributed by atoms with Crippen molar-refractivity contribution in [1.82, 2.24) is 0 Å². The van der Waals surface area contributed by atoms with Crippen LogP contribution in [-0.2, 0) is 6.61 Å². The van der Waals surface area contributed by atoms with Crippen LogP contribution >= 0.6 is 39.1 Å². The molecule has 1 N–H and O–H groups in total. The molecule has 0 saturated heterocycles. The van der Waals surface area contributed by atoms with Gasteiger partial charge in [-0.25, -0.2) is 0 Å². The number of ether oxygens (including phenoxy) is 1. The molecule has 6 rings (SSSR count). The minimum atomic E-state index is 0.267. The van der Waals surface area contributed by atoms with E-state index in [1.807, 2.05) is 36.5 Å². The smallest absolute Gasteiger partial charge is 0.128 e. The van der Waals surface area contributed by atoms with E-state index in [9.17, 15) is 0 Å². The number of fused-ring (bicyclic) bond motifs is 3. The summed E-state index contributed by atoms with van der Waals surface area (Å²) in [5, 5.41) is 5.01. The number of nitrogens with one attached hydrogen (secondary N) is 1. The molecule has 1 heterocycles. The number of allylic oxidation sites excluding steroid dienone is 2. The molecule has 0 radical (unpaired) electrons. The molecule has 4 aromatic carbocycles. The van der Waals surface area contributed by atoms with Crippen LogP contribution in [0.25, 0.3) is 0 Å². The second-order valence-corrected chi connectivity index (χ2v) is 11.9. The Morgan fingerprint density at radius 1 is 1.00 bits per heavy atom. The number of aliphatic imine (C=N–C) groups is 1. The van der Waals surface area contributed by atoms with Gasteiger partial charge in [0.25, 0.3) is 0 Å². The lowest BCUT2D eigenvalue weighted by molar-refractivity contribution is 0.306. The Morgan fingerprint density at radius 3 is 2.67 bits per heavy atom. The average molecular weight is 618 g/mol. The molecular formula is C33H27BrCl2N2O. The summed E-state index contributed by atoms with van der Waals surface area (Å²) in [5.41, 5.74) is 7.88. The lowest BCUT2D eigenvalue weighted by Crippen LogP contribution is -2.29. The summed E-state index contributed by atoms with van der Waals surface area (Å²) in [6.45, 7) is 2.50. The molecular weight excluding hydrogens is 591 g/mol. The van der Waals surface area contributed by atoms with Crippen LogP contribution in [0.1, 0.15) is 46.2 Å². The van der Waals surface area contributed by atoms with Gasteiger partial charge in [-0.1, -0.05) is 87.2 Å². The van der Waals surface area contributed by atoms with Gasteiger partial charge >= 0.3 is 0 Å². The molecule has 1 aliphatic carbocycles. The lowest BCUT2D eigenvalue weighted by atomic mass is 9.76. The van der Waals surface area contributed by atoms with Gasteiger partial charge < -0.3 is 10.1 Å². The first-order valence-electron chi connectivity index (χ1n) is 13.0. The molecule has 2 aliphatic rings. The largest absolute Gasteiger partial charge is 0.488 e. The van der Waals surface area contributed by atoms with E-state index >= 15 is 0 Å². The van der Waals surface area contributed by atoms with Crippen LogP contribution in [0.15, 0.2) is 100 Å². The molecule has 3 nitrogen and oxygen atoms in total. The van der Waals surface area contributed by atoms with Crippen LogP contribution in [0.3, 0.4) is 0 Å². The lowest BCUT2D eigenvalue weighted by Gasteiger charge is -2.37. The maximum Gasteiger partial charge on any atom is 0.128 e. The third kappa shape index (κ3) is 5.65. The van der Waals surface area contributed by atoms with Crippen molar-refractivity contribution < 1.29 is 4.74 Å². The van der Waals surface area contributed by atoms with Crippen molar-refractivity contribution in [3.63, 3.8) is 0 Å². The molecule has 196 valence electrons. The summed E-state index contributed by atoms with van der Waals surface area (Å²) in [6, 6.07) is 26.8. The Kier molecular flexibility index (Phi) is 7.53. The first kappa shape index (κ1) is 26.2. The van der Waals surface area contributed by atoms with Gasteiger partial charge in [-0.3, -0.25) is 4.99 Å². The highest BCUT2D eigenvalue weighted by Crippen LogP contribution is 2.50. The summed E-state index contributed by atoms with van der Waals surface area (Å²) in [5.74, 6) is 1.70. The Morgan fingerprint density at radius 2 is 1.85 bits per heavy atom. The summed E-state index contributed by atoms with van der Waals surface area (Å²) in [7, 11) is 0. The van der Waals surface area contributed by atoms with Crippen molar-refractivity contribution in [2.24, 2.45) is 10.9 Å². The van der Waals surface area contributed by atoms with Crippen molar-refractivity contribution in [1.29, 1.82) is 0 Å². The van der Waals surface area contributed by atoms with Crippen LogP contribution < -0.4 is 10.1 Å². The van der Waals surface area contributed by atoms with E-state index in [0.29, 0.717) is 28.5 Å². The molecule has 0 bridgehead atoms. The van der Waals surface area contributed by atoms with Gasteiger partial charge in [-0.05, 0) is 78.9 Å². The Labute approximate surface area is 247 Å². The van der Waals surface area contributed by atoms with Crippen LogP contribution in [0.5, 0.6) is 5.75 Å². The predicted molar refractivity (Wildman–Crippen MR) is 166 cm³/mol. The zero-order chi connectivity index (χ0) is 26.9. The van der Waals surface area contributed by atoms with E-state index in [1.165, 1.54) is 22.4 Å². The van der Waals surface area contributed by atoms with Crippen molar-refractivity contribution in [2.45, 2.75) is 31.9 Å². The SMILES string of the molecule is Cc1ccc2c(c1)[C@@H]1C=CC[C@H]1[C@H](c1ccc(N=Cc3cc(Br)ccc3OCc3ccc(Cl)cc3Cl)cc1)N2. The number of rotatable bonds is 6. The summed E-state index contributed by atoms with van der Waals surface area (Å²) >= 11 is 15.9. The van der Waals surface area contributed by atoms with Crippen molar-refractivity contribution in [3.05, 3.63) is 133 Å².